The molecule has 6 heteroatoms. The Balaban J connectivity index is 1.26. The van der Waals surface area contributed by atoms with Gasteiger partial charge in [-0.3, -0.25) is 9.62 Å². The lowest BCUT2D eigenvalue weighted by atomic mass is 9.62. The summed E-state index contributed by atoms with van der Waals surface area (Å²) in [6, 6.07) is 19.0. The van der Waals surface area contributed by atoms with E-state index in [-0.39, 0.29) is 5.41 Å². The van der Waals surface area contributed by atoms with Crippen LogP contribution in [0, 0.1) is 0 Å². The van der Waals surface area contributed by atoms with Crippen LogP contribution in [0.4, 0.5) is 5.69 Å². The summed E-state index contributed by atoms with van der Waals surface area (Å²) in [5.41, 5.74) is 2.79. The molecular formula is C26H34N2O3S. The van der Waals surface area contributed by atoms with E-state index in [2.05, 4.69) is 40.0 Å². The second-order valence-corrected chi connectivity index (χ2v) is 12.2. The number of sulfonamides is 1. The van der Waals surface area contributed by atoms with Crippen molar-refractivity contribution in [1.82, 2.24) is 4.90 Å². The van der Waals surface area contributed by atoms with Crippen molar-refractivity contribution in [3.63, 3.8) is 0 Å². The molecule has 1 aliphatic heterocycles. The summed E-state index contributed by atoms with van der Waals surface area (Å²) in [4.78, 5) is 2.54. The molecule has 32 heavy (non-hydrogen) atoms. The molecule has 1 heterocycles. The lowest BCUT2D eigenvalue weighted by Gasteiger charge is -2.54. The molecule has 2 bridgehead atoms. The number of anilines is 1. The smallest absolute Gasteiger partial charge is 0.229 e. The van der Waals surface area contributed by atoms with E-state index in [1.54, 1.807) is 0 Å². The standard InChI is InChI=1S/C26H34N2O3S/c1-32(30,31)27-23-10-5-9-22(15-23)25-12-6-11-24(18-25)28(14-13-25)19-26(29)16-21(17-26)20-7-3-2-4-8-20/h2-5,7-10,15,21,24,27,29H,6,11-14,16-19H2,1H3. The van der Waals surface area contributed by atoms with Crippen LogP contribution in [0.3, 0.4) is 0 Å². The highest BCUT2D eigenvalue weighted by atomic mass is 32.2. The highest BCUT2D eigenvalue weighted by Gasteiger charge is 2.49. The number of piperidine rings is 1. The molecule has 0 spiro atoms. The fourth-order valence-corrected chi connectivity index (χ4v) is 7.03. The molecule has 1 saturated heterocycles. The first kappa shape index (κ1) is 21.9. The van der Waals surface area contributed by atoms with Crippen LogP contribution in [0.1, 0.15) is 62.0 Å². The Morgan fingerprint density at radius 3 is 2.59 bits per heavy atom. The Morgan fingerprint density at radius 1 is 1.06 bits per heavy atom. The van der Waals surface area contributed by atoms with Gasteiger partial charge in [0.1, 0.15) is 0 Å². The quantitative estimate of drug-likeness (QED) is 0.685. The van der Waals surface area contributed by atoms with Crippen LogP contribution in [-0.2, 0) is 15.4 Å². The first-order chi connectivity index (χ1) is 15.2. The van der Waals surface area contributed by atoms with Gasteiger partial charge in [-0.05, 0) is 79.7 Å². The third kappa shape index (κ3) is 4.45. The third-order valence-electron chi connectivity index (χ3n) is 8.01. The molecule has 2 N–H and O–H groups in total. The minimum atomic E-state index is -3.28. The minimum absolute atomic E-state index is 0.115. The second-order valence-electron chi connectivity index (χ2n) is 10.4. The van der Waals surface area contributed by atoms with Gasteiger partial charge in [-0.2, -0.15) is 0 Å². The van der Waals surface area contributed by atoms with E-state index < -0.39 is 15.6 Å². The Labute approximate surface area is 191 Å². The van der Waals surface area contributed by atoms with Crippen LogP contribution in [0.5, 0.6) is 0 Å². The molecular weight excluding hydrogens is 420 g/mol. The van der Waals surface area contributed by atoms with Crippen molar-refractivity contribution >= 4 is 15.7 Å². The molecule has 2 aromatic carbocycles. The van der Waals surface area contributed by atoms with Gasteiger partial charge in [0.15, 0.2) is 0 Å². The first-order valence-corrected chi connectivity index (χ1v) is 13.7. The number of likely N-dealkylation sites (tertiary alicyclic amines) is 1. The number of aliphatic hydroxyl groups is 1. The number of nitrogens with one attached hydrogen (secondary N) is 1. The van der Waals surface area contributed by atoms with Crippen molar-refractivity contribution in [2.45, 2.75) is 67.9 Å². The van der Waals surface area contributed by atoms with Gasteiger partial charge in [0.25, 0.3) is 0 Å². The van der Waals surface area contributed by atoms with E-state index in [1.165, 1.54) is 30.2 Å². The van der Waals surface area contributed by atoms with Crippen molar-refractivity contribution < 1.29 is 13.5 Å². The summed E-state index contributed by atoms with van der Waals surface area (Å²) in [5, 5.41) is 11.2. The maximum absolute atomic E-state index is 11.7. The molecule has 172 valence electrons. The van der Waals surface area contributed by atoms with Gasteiger partial charge in [-0.1, -0.05) is 48.9 Å². The zero-order chi connectivity index (χ0) is 22.4. The van der Waals surface area contributed by atoms with Crippen molar-refractivity contribution in [2.24, 2.45) is 0 Å². The van der Waals surface area contributed by atoms with Gasteiger partial charge in [0.2, 0.25) is 10.0 Å². The van der Waals surface area contributed by atoms with Crippen molar-refractivity contribution in [1.29, 1.82) is 0 Å². The summed E-state index contributed by atoms with van der Waals surface area (Å²) in [7, 11) is -3.28. The van der Waals surface area contributed by atoms with E-state index in [1.807, 2.05) is 24.3 Å². The Bertz CT molecular complexity index is 1070. The molecule has 0 radical (unpaired) electrons. The van der Waals surface area contributed by atoms with E-state index in [0.717, 1.165) is 45.2 Å². The number of β-amino-alcohol motifs (C(OH)–C–C–N with tert-alkyl or cyclic N) is 1. The number of hydrogen-bond donors (Lipinski definition) is 2. The molecule has 3 aliphatic rings. The average molecular weight is 455 g/mol. The van der Waals surface area contributed by atoms with Crippen LogP contribution in [0.25, 0.3) is 0 Å². The highest BCUT2D eigenvalue weighted by Crippen LogP contribution is 2.50. The zero-order valence-corrected chi connectivity index (χ0v) is 19.7. The molecule has 2 aromatic rings. The van der Waals surface area contributed by atoms with Crippen molar-refractivity contribution in [3.8, 4) is 0 Å². The average Bonchev–Trinajstić information content (AvgIpc) is 2.74. The van der Waals surface area contributed by atoms with Crippen molar-refractivity contribution in [3.05, 3.63) is 65.7 Å². The van der Waals surface area contributed by atoms with Gasteiger partial charge in [-0.25, -0.2) is 8.42 Å². The fourth-order valence-electron chi connectivity index (χ4n) is 6.48. The van der Waals surface area contributed by atoms with Crippen LogP contribution in [0.2, 0.25) is 0 Å². The predicted molar refractivity (Wildman–Crippen MR) is 128 cm³/mol. The summed E-state index contributed by atoms with van der Waals surface area (Å²) < 4.78 is 26.0. The fraction of sp³-hybridized carbons (Fsp3) is 0.538. The number of hydrogen-bond acceptors (Lipinski definition) is 4. The van der Waals surface area contributed by atoms with Gasteiger partial charge in [0, 0.05) is 18.3 Å². The summed E-state index contributed by atoms with van der Waals surface area (Å²) in [6.07, 6.45) is 8.56. The number of nitrogens with zero attached hydrogens (tertiary/aromatic N) is 1. The molecule has 3 fully saturated rings. The van der Waals surface area contributed by atoms with Gasteiger partial charge in [-0.15, -0.1) is 0 Å². The summed E-state index contributed by atoms with van der Waals surface area (Å²) in [6.45, 7) is 1.76. The number of benzene rings is 2. The Kier molecular flexibility index (Phi) is 5.59. The van der Waals surface area contributed by atoms with Gasteiger partial charge >= 0.3 is 0 Å². The van der Waals surface area contributed by atoms with Crippen LogP contribution in [0.15, 0.2) is 54.6 Å². The van der Waals surface area contributed by atoms with Crippen molar-refractivity contribution in [2.75, 3.05) is 24.1 Å². The highest BCUT2D eigenvalue weighted by molar-refractivity contribution is 7.92. The molecule has 2 unspecified atom stereocenters. The molecule has 2 atom stereocenters. The van der Waals surface area contributed by atoms with Gasteiger partial charge in [0.05, 0.1) is 11.9 Å². The maximum Gasteiger partial charge on any atom is 0.229 e. The van der Waals surface area contributed by atoms with E-state index >= 15 is 0 Å². The molecule has 2 saturated carbocycles. The zero-order valence-electron chi connectivity index (χ0n) is 18.8. The maximum atomic E-state index is 11.7. The predicted octanol–water partition coefficient (Wildman–Crippen LogP) is 4.25. The normalized spacial score (nSPS) is 32.8. The molecule has 0 amide bonds. The molecule has 0 aromatic heterocycles. The monoisotopic (exact) mass is 454 g/mol. The van der Waals surface area contributed by atoms with Crippen LogP contribution >= 0.6 is 0 Å². The SMILES string of the molecule is CS(=O)(=O)Nc1cccc(C23CCCC(C2)N(CC2(O)CC(c4ccccc4)C2)CC3)c1. The van der Waals surface area contributed by atoms with Gasteiger partial charge < -0.3 is 5.11 Å². The topological polar surface area (TPSA) is 69.6 Å². The first-order valence-electron chi connectivity index (χ1n) is 11.8. The summed E-state index contributed by atoms with van der Waals surface area (Å²) in [5.74, 6) is 0.474. The minimum Gasteiger partial charge on any atom is -0.389 e. The molecule has 5 nitrogen and oxygen atoms in total. The lowest BCUT2D eigenvalue weighted by molar-refractivity contribution is -0.0930. The number of rotatable bonds is 6. The molecule has 5 rings (SSSR count). The van der Waals surface area contributed by atoms with E-state index in [4.69, 9.17) is 0 Å². The van der Waals surface area contributed by atoms with E-state index in [0.29, 0.717) is 17.6 Å². The molecule has 2 aliphatic carbocycles. The number of fused-ring (bicyclic) bond motifs is 2. The second kappa shape index (κ2) is 8.15. The van der Waals surface area contributed by atoms with Crippen LogP contribution in [-0.4, -0.2) is 49.4 Å². The summed E-state index contributed by atoms with van der Waals surface area (Å²) >= 11 is 0. The largest absolute Gasteiger partial charge is 0.389 e. The lowest BCUT2D eigenvalue weighted by Crippen LogP contribution is -2.58. The Hall–Kier alpha value is -1.89. The van der Waals surface area contributed by atoms with Crippen LogP contribution < -0.4 is 4.72 Å². The third-order valence-corrected chi connectivity index (χ3v) is 8.62. The van der Waals surface area contributed by atoms with E-state index in [9.17, 15) is 13.5 Å². The Morgan fingerprint density at radius 2 is 1.84 bits per heavy atom.